The van der Waals surface area contributed by atoms with Crippen LogP contribution in [0.25, 0.3) is 11.0 Å². The van der Waals surface area contributed by atoms with Crippen LogP contribution in [-0.2, 0) is 13.5 Å². The summed E-state index contributed by atoms with van der Waals surface area (Å²) in [4.78, 5) is 17.0. The Morgan fingerprint density at radius 2 is 2.17 bits per heavy atom. The molecule has 3 aromatic rings. The number of aryl methyl sites for hydroxylation is 1. The SMILES string of the molecule is Cn1c(SCC(=O)c2ccc3c(c2)CCO3)nc2ccccc21. The molecular formula is C18H16N2O2S. The fourth-order valence-electron chi connectivity index (χ4n) is 2.83. The van der Waals surface area contributed by atoms with Crippen LogP contribution < -0.4 is 4.74 Å². The second-order valence-electron chi connectivity index (χ2n) is 5.57. The number of hydrogen-bond donors (Lipinski definition) is 0. The second kappa shape index (κ2) is 5.74. The predicted molar refractivity (Wildman–Crippen MR) is 91.4 cm³/mol. The zero-order valence-corrected chi connectivity index (χ0v) is 13.6. The van der Waals surface area contributed by atoms with Gasteiger partial charge in [0.05, 0.1) is 23.4 Å². The minimum atomic E-state index is 0.122. The van der Waals surface area contributed by atoms with Gasteiger partial charge in [0, 0.05) is 19.0 Å². The molecular weight excluding hydrogens is 308 g/mol. The van der Waals surface area contributed by atoms with Crippen LogP contribution in [0.15, 0.2) is 47.6 Å². The molecule has 0 saturated carbocycles. The maximum Gasteiger partial charge on any atom is 0.173 e. The van der Waals surface area contributed by atoms with Gasteiger partial charge in [-0.05, 0) is 35.9 Å². The van der Waals surface area contributed by atoms with Gasteiger partial charge in [-0.15, -0.1) is 0 Å². The molecule has 0 N–H and O–H groups in total. The molecule has 1 aromatic heterocycles. The van der Waals surface area contributed by atoms with Crippen LogP contribution in [0.1, 0.15) is 15.9 Å². The summed E-state index contributed by atoms with van der Waals surface area (Å²) in [5, 5.41) is 0.865. The number of rotatable bonds is 4. The van der Waals surface area contributed by atoms with Crippen LogP contribution in [0.4, 0.5) is 0 Å². The van der Waals surface area contributed by atoms with E-state index in [0.717, 1.165) is 39.5 Å². The first-order valence-corrected chi connectivity index (χ1v) is 8.54. The number of aromatic nitrogens is 2. The Labute approximate surface area is 138 Å². The summed E-state index contributed by atoms with van der Waals surface area (Å²) in [5.74, 6) is 1.41. The second-order valence-corrected chi connectivity index (χ2v) is 6.52. The Balaban J connectivity index is 1.51. The first-order chi connectivity index (χ1) is 11.2. The van der Waals surface area contributed by atoms with E-state index < -0.39 is 0 Å². The summed E-state index contributed by atoms with van der Waals surface area (Å²) in [6.45, 7) is 0.710. The molecule has 0 fully saturated rings. The molecule has 0 spiro atoms. The van der Waals surface area contributed by atoms with Crippen molar-refractivity contribution in [3.63, 3.8) is 0 Å². The van der Waals surface area contributed by atoms with Gasteiger partial charge in [-0.3, -0.25) is 4.79 Å². The van der Waals surface area contributed by atoms with Gasteiger partial charge in [-0.2, -0.15) is 0 Å². The number of ether oxygens (including phenoxy) is 1. The van der Waals surface area contributed by atoms with Crippen molar-refractivity contribution in [3.8, 4) is 5.75 Å². The fraction of sp³-hybridized carbons (Fsp3) is 0.222. The summed E-state index contributed by atoms with van der Waals surface area (Å²) >= 11 is 1.48. The zero-order chi connectivity index (χ0) is 15.8. The minimum Gasteiger partial charge on any atom is -0.493 e. The van der Waals surface area contributed by atoms with Crippen LogP contribution in [0.5, 0.6) is 5.75 Å². The molecule has 1 aliphatic heterocycles. The highest BCUT2D eigenvalue weighted by molar-refractivity contribution is 7.99. The Morgan fingerprint density at radius 1 is 1.30 bits per heavy atom. The van der Waals surface area contributed by atoms with Crippen LogP contribution in [0, 0.1) is 0 Å². The lowest BCUT2D eigenvalue weighted by molar-refractivity contribution is 0.102. The Bertz CT molecular complexity index is 901. The number of nitrogens with zero attached hydrogens (tertiary/aromatic N) is 2. The van der Waals surface area contributed by atoms with Gasteiger partial charge in [0.2, 0.25) is 0 Å². The lowest BCUT2D eigenvalue weighted by Gasteiger charge is -2.04. The van der Waals surface area contributed by atoms with Gasteiger partial charge in [-0.25, -0.2) is 4.98 Å². The molecule has 0 aliphatic carbocycles. The molecule has 2 heterocycles. The fourth-order valence-corrected chi connectivity index (χ4v) is 3.71. The topological polar surface area (TPSA) is 44.1 Å². The molecule has 2 aromatic carbocycles. The molecule has 116 valence electrons. The number of imidazole rings is 1. The molecule has 4 rings (SSSR count). The third kappa shape index (κ3) is 2.61. The van der Waals surface area contributed by atoms with E-state index in [9.17, 15) is 4.79 Å². The maximum absolute atomic E-state index is 12.4. The van der Waals surface area contributed by atoms with E-state index in [1.165, 1.54) is 11.8 Å². The maximum atomic E-state index is 12.4. The number of thioether (sulfide) groups is 1. The van der Waals surface area contributed by atoms with Crippen molar-refractivity contribution in [1.29, 1.82) is 0 Å². The van der Waals surface area contributed by atoms with Crippen molar-refractivity contribution in [3.05, 3.63) is 53.6 Å². The number of carbonyl (C=O) groups excluding carboxylic acids is 1. The third-order valence-electron chi connectivity index (χ3n) is 4.09. The average Bonchev–Trinajstić information content (AvgIpc) is 3.17. The number of hydrogen-bond acceptors (Lipinski definition) is 4. The molecule has 1 aliphatic rings. The van der Waals surface area contributed by atoms with Crippen molar-refractivity contribution in [2.45, 2.75) is 11.6 Å². The first-order valence-electron chi connectivity index (χ1n) is 7.55. The number of Topliss-reactive ketones (excluding diaryl/α,β-unsaturated/α-hetero) is 1. The van der Waals surface area contributed by atoms with E-state index in [-0.39, 0.29) is 5.78 Å². The predicted octanol–water partition coefficient (Wildman–Crippen LogP) is 3.48. The zero-order valence-electron chi connectivity index (χ0n) is 12.8. The lowest BCUT2D eigenvalue weighted by Crippen LogP contribution is -2.04. The van der Waals surface area contributed by atoms with Gasteiger partial charge >= 0.3 is 0 Å². The number of para-hydroxylation sites is 2. The van der Waals surface area contributed by atoms with E-state index in [1.807, 2.05) is 54.1 Å². The summed E-state index contributed by atoms with van der Waals surface area (Å²) < 4.78 is 7.51. The smallest absolute Gasteiger partial charge is 0.173 e. The quantitative estimate of drug-likeness (QED) is 0.544. The standard InChI is InChI=1S/C18H16N2O2S/c1-20-15-5-3-2-4-14(15)19-18(20)23-11-16(21)12-6-7-17-13(10-12)8-9-22-17/h2-7,10H,8-9,11H2,1H3. The van der Waals surface area contributed by atoms with E-state index in [2.05, 4.69) is 4.98 Å². The first kappa shape index (κ1) is 14.3. The highest BCUT2D eigenvalue weighted by Crippen LogP contribution is 2.27. The third-order valence-corrected chi connectivity index (χ3v) is 5.12. The molecule has 0 unspecified atom stereocenters. The Morgan fingerprint density at radius 3 is 3.04 bits per heavy atom. The molecule has 0 radical (unpaired) electrons. The van der Waals surface area contributed by atoms with Crippen LogP contribution in [0.3, 0.4) is 0 Å². The molecule has 0 bridgehead atoms. The van der Waals surface area contributed by atoms with Gasteiger partial charge in [0.15, 0.2) is 10.9 Å². The van der Waals surface area contributed by atoms with Crippen LogP contribution in [-0.4, -0.2) is 27.7 Å². The lowest BCUT2D eigenvalue weighted by atomic mass is 10.1. The van der Waals surface area contributed by atoms with Crippen molar-refractivity contribution in [2.75, 3.05) is 12.4 Å². The number of carbonyl (C=O) groups is 1. The van der Waals surface area contributed by atoms with Gasteiger partial charge in [0.25, 0.3) is 0 Å². The van der Waals surface area contributed by atoms with Crippen LogP contribution in [0.2, 0.25) is 0 Å². The van der Waals surface area contributed by atoms with Crippen molar-refractivity contribution in [2.24, 2.45) is 7.05 Å². The van der Waals surface area contributed by atoms with E-state index in [0.29, 0.717) is 12.4 Å². The van der Waals surface area contributed by atoms with Crippen molar-refractivity contribution >= 4 is 28.6 Å². The Hall–Kier alpha value is -2.27. The Kier molecular flexibility index (Phi) is 3.58. The van der Waals surface area contributed by atoms with Crippen molar-refractivity contribution in [1.82, 2.24) is 9.55 Å². The molecule has 4 nitrogen and oxygen atoms in total. The van der Waals surface area contributed by atoms with Crippen molar-refractivity contribution < 1.29 is 9.53 Å². The molecule has 23 heavy (non-hydrogen) atoms. The van der Waals surface area contributed by atoms with Gasteiger partial charge in [-0.1, -0.05) is 23.9 Å². The summed E-state index contributed by atoms with van der Waals surface area (Å²) in [5.41, 5.74) is 3.92. The molecule has 0 saturated heterocycles. The number of ketones is 1. The highest BCUT2D eigenvalue weighted by atomic mass is 32.2. The monoisotopic (exact) mass is 324 g/mol. The molecule has 0 amide bonds. The molecule has 5 heteroatoms. The summed E-state index contributed by atoms with van der Waals surface area (Å²) in [6.07, 6.45) is 0.883. The van der Waals surface area contributed by atoms with Gasteiger partial charge in [0.1, 0.15) is 5.75 Å². The number of fused-ring (bicyclic) bond motifs is 2. The average molecular weight is 324 g/mol. The normalized spacial score (nSPS) is 13.1. The number of benzene rings is 2. The summed E-state index contributed by atoms with van der Waals surface area (Å²) in [7, 11) is 1.98. The van der Waals surface area contributed by atoms with E-state index in [1.54, 1.807) is 0 Å². The summed E-state index contributed by atoms with van der Waals surface area (Å²) in [6, 6.07) is 13.7. The largest absolute Gasteiger partial charge is 0.493 e. The highest BCUT2D eigenvalue weighted by Gasteiger charge is 2.16. The van der Waals surface area contributed by atoms with Crippen LogP contribution >= 0.6 is 11.8 Å². The molecule has 0 atom stereocenters. The van der Waals surface area contributed by atoms with Gasteiger partial charge < -0.3 is 9.30 Å². The van der Waals surface area contributed by atoms with E-state index >= 15 is 0 Å². The minimum absolute atomic E-state index is 0.122. The van der Waals surface area contributed by atoms with E-state index in [4.69, 9.17) is 4.74 Å².